The number of amides is 1. The van der Waals surface area contributed by atoms with E-state index in [1.165, 1.54) is 12.1 Å². The zero-order valence-corrected chi connectivity index (χ0v) is 15.4. The van der Waals surface area contributed by atoms with E-state index < -0.39 is 28.5 Å². The molecule has 0 heterocycles. The van der Waals surface area contributed by atoms with Crippen molar-refractivity contribution in [2.45, 2.75) is 31.7 Å². The van der Waals surface area contributed by atoms with E-state index >= 15 is 0 Å². The number of carbonyl (C=O) groups excluding carboxylic acids is 2. The summed E-state index contributed by atoms with van der Waals surface area (Å²) in [6.45, 7) is 5.29. The summed E-state index contributed by atoms with van der Waals surface area (Å²) in [5.41, 5.74) is -0.0266. The average molecular weight is 407 g/mol. The SMILES string of the molecule is CC(C)[C@@H](C)NC(=O)COC(=O)c1cc(S(N)(=O)=O)ccc1Br. The molecule has 7 nitrogen and oxygen atoms in total. The van der Waals surface area contributed by atoms with Crippen LogP contribution in [0.4, 0.5) is 0 Å². The van der Waals surface area contributed by atoms with E-state index in [1.54, 1.807) is 0 Å². The summed E-state index contributed by atoms with van der Waals surface area (Å²) in [7, 11) is -3.94. The molecule has 0 radical (unpaired) electrons. The van der Waals surface area contributed by atoms with Crippen LogP contribution >= 0.6 is 15.9 Å². The number of sulfonamides is 1. The lowest BCUT2D eigenvalue weighted by molar-refractivity contribution is -0.125. The van der Waals surface area contributed by atoms with Gasteiger partial charge in [-0.25, -0.2) is 18.4 Å². The summed E-state index contributed by atoms with van der Waals surface area (Å²) in [5.74, 6) is -1.01. The highest BCUT2D eigenvalue weighted by Crippen LogP contribution is 2.21. The Hall–Kier alpha value is -1.45. The van der Waals surface area contributed by atoms with Crippen LogP contribution in [0.5, 0.6) is 0 Å². The van der Waals surface area contributed by atoms with Crippen molar-refractivity contribution in [3.63, 3.8) is 0 Å². The lowest BCUT2D eigenvalue weighted by atomic mass is 10.1. The third-order valence-corrected chi connectivity index (χ3v) is 4.81. The molecule has 0 aromatic heterocycles. The number of hydrogen-bond donors (Lipinski definition) is 2. The summed E-state index contributed by atoms with van der Waals surface area (Å²) in [6.07, 6.45) is 0. The fourth-order valence-electron chi connectivity index (χ4n) is 1.51. The van der Waals surface area contributed by atoms with Crippen LogP contribution in [-0.2, 0) is 19.6 Å². The van der Waals surface area contributed by atoms with Gasteiger partial charge in [-0.15, -0.1) is 0 Å². The first-order valence-corrected chi connectivity index (χ1v) is 9.15. The summed E-state index contributed by atoms with van der Waals surface area (Å²) >= 11 is 3.13. The fourth-order valence-corrected chi connectivity index (χ4v) is 2.46. The molecule has 23 heavy (non-hydrogen) atoms. The molecule has 0 aliphatic heterocycles. The molecular weight excluding hydrogens is 388 g/mol. The average Bonchev–Trinajstić information content (AvgIpc) is 2.43. The van der Waals surface area contributed by atoms with Crippen molar-refractivity contribution in [2.24, 2.45) is 11.1 Å². The Morgan fingerprint density at radius 3 is 2.43 bits per heavy atom. The van der Waals surface area contributed by atoms with Gasteiger partial charge in [0.25, 0.3) is 5.91 Å². The number of esters is 1. The summed E-state index contributed by atoms with van der Waals surface area (Å²) < 4.78 is 27.9. The van der Waals surface area contributed by atoms with Crippen molar-refractivity contribution in [2.75, 3.05) is 6.61 Å². The minimum atomic E-state index is -3.94. The molecule has 0 fully saturated rings. The standard InChI is InChI=1S/C14H19BrN2O5S/c1-8(2)9(3)17-13(18)7-22-14(19)11-6-10(23(16,20)21)4-5-12(11)15/h4-6,8-9H,7H2,1-3H3,(H,17,18)(H2,16,20,21)/t9-/m1/s1. The molecule has 1 amide bonds. The Balaban J connectivity index is 2.77. The molecule has 0 aliphatic carbocycles. The monoisotopic (exact) mass is 406 g/mol. The molecule has 1 aromatic carbocycles. The van der Waals surface area contributed by atoms with Gasteiger partial charge in [0.2, 0.25) is 10.0 Å². The first kappa shape index (κ1) is 19.6. The van der Waals surface area contributed by atoms with E-state index in [0.717, 1.165) is 6.07 Å². The molecule has 1 aromatic rings. The van der Waals surface area contributed by atoms with Crippen molar-refractivity contribution in [1.29, 1.82) is 0 Å². The molecule has 0 saturated heterocycles. The first-order chi connectivity index (χ1) is 10.5. The molecule has 0 aliphatic rings. The van der Waals surface area contributed by atoms with Crippen LogP contribution in [0.2, 0.25) is 0 Å². The van der Waals surface area contributed by atoms with Gasteiger partial charge >= 0.3 is 5.97 Å². The maximum Gasteiger partial charge on any atom is 0.339 e. The molecule has 0 unspecified atom stereocenters. The number of rotatable bonds is 6. The third-order valence-electron chi connectivity index (χ3n) is 3.21. The second kappa shape index (κ2) is 7.89. The minimum Gasteiger partial charge on any atom is -0.452 e. The maximum absolute atomic E-state index is 12.0. The highest BCUT2D eigenvalue weighted by atomic mass is 79.9. The molecule has 1 atom stereocenters. The maximum atomic E-state index is 12.0. The summed E-state index contributed by atoms with van der Waals surface area (Å²) in [6, 6.07) is 3.67. The van der Waals surface area contributed by atoms with Crippen molar-refractivity contribution in [1.82, 2.24) is 5.32 Å². The predicted octanol–water partition coefficient (Wildman–Crippen LogP) is 1.41. The molecule has 128 valence electrons. The highest BCUT2D eigenvalue weighted by Gasteiger charge is 2.18. The van der Waals surface area contributed by atoms with E-state index in [2.05, 4.69) is 21.2 Å². The lowest BCUT2D eigenvalue weighted by Crippen LogP contribution is -2.38. The largest absolute Gasteiger partial charge is 0.452 e. The van der Waals surface area contributed by atoms with Crippen LogP contribution in [0.15, 0.2) is 27.6 Å². The summed E-state index contributed by atoms with van der Waals surface area (Å²) in [5, 5.41) is 7.71. The summed E-state index contributed by atoms with van der Waals surface area (Å²) in [4.78, 5) is 23.5. The fraction of sp³-hybridized carbons (Fsp3) is 0.429. The van der Waals surface area contributed by atoms with Gasteiger partial charge in [0.15, 0.2) is 6.61 Å². The van der Waals surface area contributed by atoms with Crippen molar-refractivity contribution < 1.29 is 22.7 Å². The normalized spacial score (nSPS) is 12.8. The van der Waals surface area contributed by atoms with Gasteiger partial charge < -0.3 is 10.1 Å². The van der Waals surface area contributed by atoms with Gasteiger partial charge in [-0.2, -0.15) is 0 Å². The van der Waals surface area contributed by atoms with Crippen LogP contribution in [0.3, 0.4) is 0 Å². The Morgan fingerprint density at radius 2 is 1.91 bits per heavy atom. The minimum absolute atomic E-state index is 0.0266. The van der Waals surface area contributed by atoms with Gasteiger partial charge in [-0.05, 0) is 47.0 Å². The van der Waals surface area contributed by atoms with E-state index in [-0.39, 0.29) is 22.4 Å². The number of halogens is 1. The number of hydrogen-bond acceptors (Lipinski definition) is 5. The van der Waals surface area contributed by atoms with Crippen molar-refractivity contribution in [3.8, 4) is 0 Å². The zero-order chi connectivity index (χ0) is 17.8. The van der Waals surface area contributed by atoms with Gasteiger partial charge in [-0.1, -0.05) is 13.8 Å². The number of nitrogens with two attached hydrogens (primary N) is 1. The van der Waals surface area contributed by atoms with Gasteiger partial charge in [0, 0.05) is 10.5 Å². The molecular formula is C14H19BrN2O5S. The van der Waals surface area contributed by atoms with Crippen LogP contribution in [0.1, 0.15) is 31.1 Å². The van der Waals surface area contributed by atoms with E-state index in [4.69, 9.17) is 9.88 Å². The molecule has 0 saturated carbocycles. The quantitative estimate of drug-likeness (QED) is 0.692. The lowest BCUT2D eigenvalue weighted by Gasteiger charge is -2.17. The number of carbonyl (C=O) groups is 2. The second-order valence-corrected chi connectivity index (χ2v) is 7.78. The van der Waals surface area contributed by atoms with Gasteiger partial charge in [0.1, 0.15) is 0 Å². The number of primary sulfonamides is 1. The smallest absolute Gasteiger partial charge is 0.339 e. The molecule has 0 bridgehead atoms. The van der Waals surface area contributed by atoms with E-state index in [1.807, 2.05) is 20.8 Å². The number of nitrogens with one attached hydrogen (secondary N) is 1. The van der Waals surface area contributed by atoms with E-state index in [9.17, 15) is 18.0 Å². The zero-order valence-electron chi connectivity index (χ0n) is 13.0. The molecule has 9 heteroatoms. The highest BCUT2D eigenvalue weighted by molar-refractivity contribution is 9.10. The van der Waals surface area contributed by atoms with Crippen molar-refractivity contribution in [3.05, 3.63) is 28.2 Å². The van der Waals surface area contributed by atoms with Crippen LogP contribution in [-0.4, -0.2) is 32.9 Å². The second-order valence-electron chi connectivity index (χ2n) is 5.36. The molecule has 3 N–H and O–H groups in total. The van der Waals surface area contributed by atoms with Crippen molar-refractivity contribution >= 4 is 37.8 Å². The topological polar surface area (TPSA) is 116 Å². The Kier molecular flexibility index (Phi) is 6.72. The predicted molar refractivity (Wildman–Crippen MR) is 88.2 cm³/mol. The third kappa shape index (κ3) is 5.92. The van der Waals surface area contributed by atoms with Crippen LogP contribution in [0.25, 0.3) is 0 Å². The molecule has 1 rings (SSSR count). The Morgan fingerprint density at radius 1 is 1.30 bits per heavy atom. The first-order valence-electron chi connectivity index (χ1n) is 6.81. The van der Waals surface area contributed by atoms with Gasteiger partial charge in [-0.3, -0.25) is 4.79 Å². The Labute approximate surface area is 143 Å². The van der Waals surface area contributed by atoms with E-state index in [0.29, 0.717) is 4.47 Å². The Bertz CT molecular complexity index is 703. The number of ether oxygens (including phenoxy) is 1. The molecule has 0 spiro atoms. The van der Waals surface area contributed by atoms with Gasteiger partial charge in [0.05, 0.1) is 10.5 Å². The number of benzene rings is 1. The van der Waals surface area contributed by atoms with Crippen LogP contribution in [0, 0.1) is 5.92 Å². The van der Waals surface area contributed by atoms with Crippen LogP contribution < -0.4 is 10.5 Å².